The van der Waals surface area contributed by atoms with Crippen LogP contribution in [-0.2, 0) is 10.0 Å². The predicted molar refractivity (Wildman–Crippen MR) is 54.1 cm³/mol. The van der Waals surface area contributed by atoms with Crippen molar-refractivity contribution in [2.24, 2.45) is 0 Å². The largest absolute Gasteiger partial charge is 0.472 e. The van der Waals surface area contributed by atoms with E-state index in [9.17, 15) is 8.42 Å². The molecule has 2 heterocycles. The first kappa shape index (κ1) is 10.4. The molecule has 0 unspecified atom stereocenters. The number of rotatable bonds is 1. The van der Waals surface area contributed by atoms with Gasteiger partial charge in [0.1, 0.15) is 11.0 Å². The summed E-state index contributed by atoms with van der Waals surface area (Å²) in [4.78, 5) is 4.04. The van der Waals surface area contributed by atoms with Crippen LogP contribution in [0.15, 0.2) is 23.2 Å². The van der Waals surface area contributed by atoms with Crippen LogP contribution in [0.5, 0.6) is 5.88 Å². The Morgan fingerprint density at radius 2 is 2.47 bits per heavy atom. The molecule has 1 aromatic rings. The van der Waals surface area contributed by atoms with E-state index in [1.54, 1.807) is 6.07 Å². The number of sulfonamides is 1. The average molecular weight is 228 g/mol. The number of hydrogen-bond donors (Lipinski definition) is 1. The number of ether oxygens (including phenoxy) is 1. The van der Waals surface area contributed by atoms with Gasteiger partial charge in [0.15, 0.2) is 0 Å². The Bertz CT molecular complexity index is 458. The van der Waals surface area contributed by atoms with Crippen LogP contribution in [0.1, 0.15) is 13.3 Å². The van der Waals surface area contributed by atoms with E-state index < -0.39 is 10.0 Å². The zero-order valence-electron chi connectivity index (χ0n) is 8.30. The average Bonchev–Trinajstić information content (AvgIpc) is 2.36. The van der Waals surface area contributed by atoms with Crippen molar-refractivity contribution in [3.05, 3.63) is 18.3 Å². The lowest BCUT2D eigenvalue weighted by molar-refractivity contribution is 0.191. The molecular formula is C9H12N2O3S. The van der Waals surface area contributed by atoms with Crippen LogP contribution in [0, 0.1) is 0 Å². The quantitative estimate of drug-likeness (QED) is 0.761. The second kappa shape index (κ2) is 3.79. The lowest BCUT2D eigenvalue weighted by Crippen LogP contribution is -2.31. The third-order valence-electron chi connectivity index (χ3n) is 2.26. The highest BCUT2D eigenvalue weighted by atomic mass is 32.2. The zero-order chi connectivity index (χ0) is 10.9. The molecule has 0 saturated carbocycles. The molecule has 1 aliphatic heterocycles. The molecule has 0 saturated heterocycles. The Morgan fingerprint density at radius 3 is 3.20 bits per heavy atom. The molecule has 82 valence electrons. The Hall–Kier alpha value is -1.14. The number of nitrogens with one attached hydrogen (secondary N) is 1. The molecule has 0 spiro atoms. The number of pyridine rings is 1. The first-order chi connectivity index (χ1) is 7.13. The van der Waals surface area contributed by atoms with Gasteiger partial charge in [-0.05, 0) is 18.6 Å². The Morgan fingerprint density at radius 1 is 1.67 bits per heavy atom. The smallest absolute Gasteiger partial charge is 0.246 e. The van der Waals surface area contributed by atoms with Crippen LogP contribution >= 0.6 is 0 Å². The topological polar surface area (TPSA) is 68.3 Å². The van der Waals surface area contributed by atoms with Gasteiger partial charge in [-0.1, -0.05) is 6.92 Å². The van der Waals surface area contributed by atoms with Crippen LogP contribution in [0.4, 0.5) is 0 Å². The SMILES string of the molecule is CC[C@@H]1CNS(=O)(=O)c2cccnc2O1. The summed E-state index contributed by atoms with van der Waals surface area (Å²) >= 11 is 0. The molecule has 1 aromatic heterocycles. The monoisotopic (exact) mass is 228 g/mol. The van der Waals surface area contributed by atoms with Crippen molar-refractivity contribution >= 4 is 10.0 Å². The lowest BCUT2D eigenvalue weighted by Gasteiger charge is -2.12. The normalized spacial score (nSPS) is 23.7. The molecule has 2 rings (SSSR count). The molecule has 0 aliphatic carbocycles. The number of hydrogen-bond acceptors (Lipinski definition) is 4. The van der Waals surface area contributed by atoms with E-state index in [1.807, 2.05) is 6.92 Å². The maximum atomic E-state index is 11.7. The summed E-state index contributed by atoms with van der Waals surface area (Å²) in [5.41, 5.74) is 0. The first-order valence-corrected chi connectivity index (χ1v) is 6.23. The van der Waals surface area contributed by atoms with Crippen molar-refractivity contribution in [1.82, 2.24) is 9.71 Å². The van der Waals surface area contributed by atoms with Crippen LogP contribution in [0.25, 0.3) is 0 Å². The van der Waals surface area contributed by atoms with Crippen molar-refractivity contribution in [3.8, 4) is 5.88 Å². The highest BCUT2D eigenvalue weighted by Crippen LogP contribution is 2.24. The summed E-state index contributed by atoms with van der Waals surface area (Å²) in [5, 5.41) is 0. The van der Waals surface area contributed by atoms with Gasteiger partial charge >= 0.3 is 0 Å². The molecule has 1 aliphatic rings. The van der Waals surface area contributed by atoms with Crippen LogP contribution in [0.2, 0.25) is 0 Å². The van der Waals surface area contributed by atoms with Gasteiger partial charge in [-0.25, -0.2) is 18.1 Å². The molecule has 6 heteroatoms. The molecule has 5 nitrogen and oxygen atoms in total. The van der Waals surface area contributed by atoms with E-state index in [1.165, 1.54) is 12.3 Å². The highest BCUT2D eigenvalue weighted by molar-refractivity contribution is 7.89. The van der Waals surface area contributed by atoms with Crippen LogP contribution in [-0.4, -0.2) is 26.1 Å². The minimum atomic E-state index is -3.46. The van der Waals surface area contributed by atoms with Gasteiger partial charge in [0.05, 0.1) is 0 Å². The number of nitrogens with zero attached hydrogens (tertiary/aromatic N) is 1. The third-order valence-corrected chi connectivity index (χ3v) is 3.70. The summed E-state index contributed by atoms with van der Waals surface area (Å²) in [5.74, 6) is 0.189. The van der Waals surface area contributed by atoms with Gasteiger partial charge in [-0.15, -0.1) is 0 Å². The zero-order valence-corrected chi connectivity index (χ0v) is 9.12. The molecule has 0 radical (unpaired) electrons. The molecule has 15 heavy (non-hydrogen) atoms. The second-order valence-corrected chi connectivity index (χ2v) is 5.04. The summed E-state index contributed by atoms with van der Waals surface area (Å²) in [6.45, 7) is 2.22. The second-order valence-electron chi connectivity index (χ2n) is 3.31. The van der Waals surface area contributed by atoms with E-state index in [0.717, 1.165) is 6.42 Å². The van der Waals surface area contributed by atoms with Gasteiger partial charge in [0.25, 0.3) is 0 Å². The molecule has 0 amide bonds. The summed E-state index contributed by atoms with van der Waals surface area (Å²) in [7, 11) is -3.46. The molecule has 1 N–H and O–H groups in total. The van der Waals surface area contributed by atoms with Gasteiger partial charge in [0, 0.05) is 12.7 Å². The third kappa shape index (κ3) is 1.95. The fourth-order valence-electron chi connectivity index (χ4n) is 1.38. The predicted octanol–water partition coefficient (Wildman–Crippen LogP) is 0.531. The van der Waals surface area contributed by atoms with Crippen LogP contribution in [0.3, 0.4) is 0 Å². The standard InChI is InChI=1S/C9H12N2O3S/c1-2-7-6-11-15(12,13)8-4-3-5-10-9(8)14-7/h3-5,7,11H,2,6H2,1H3/t7-/m1/s1. The summed E-state index contributed by atoms with van der Waals surface area (Å²) < 4.78 is 31.4. The minimum Gasteiger partial charge on any atom is -0.472 e. The fraction of sp³-hybridized carbons (Fsp3) is 0.444. The molecule has 1 atom stereocenters. The van der Waals surface area contributed by atoms with E-state index >= 15 is 0 Å². The van der Waals surface area contributed by atoms with Gasteiger partial charge in [0.2, 0.25) is 15.9 Å². The van der Waals surface area contributed by atoms with E-state index in [-0.39, 0.29) is 23.4 Å². The molecule has 0 aromatic carbocycles. The van der Waals surface area contributed by atoms with Gasteiger partial charge in [-0.3, -0.25) is 0 Å². The van der Waals surface area contributed by atoms with Crippen molar-refractivity contribution in [1.29, 1.82) is 0 Å². The summed E-state index contributed by atoms with van der Waals surface area (Å²) in [6, 6.07) is 3.07. The van der Waals surface area contributed by atoms with Crippen molar-refractivity contribution in [2.75, 3.05) is 6.54 Å². The van der Waals surface area contributed by atoms with Crippen molar-refractivity contribution in [3.63, 3.8) is 0 Å². The molecular weight excluding hydrogens is 216 g/mol. The maximum absolute atomic E-state index is 11.7. The highest BCUT2D eigenvalue weighted by Gasteiger charge is 2.27. The minimum absolute atomic E-state index is 0.112. The lowest BCUT2D eigenvalue weighted by atomic mass is 10.3. The van der Waals surface area contributed by atoms with Gasteiger partial charge in [-0.2, -0.15) is 0 Å². The Labute approximate surface area is 88.5 Å². The summed E-state index contributed by atoms with van der Waals surface area (Å²) in [6.07, 6.45) is 2.10. The fourth-order valence-corrected chi connectivity index (χ4v) is 2.53. The number of fused-ring (bicyclic) bond motifs is 1. The molecule has 0 bridgehead atoms. The van der Waals surface area contributed by atoms with Gasteiger partial charge < -0.3 is 4.74 Å². The Balaban J connectivity index is 2.50. The van der Waals surface area contributed by atoms with Crippen molar-refractivity contribution in [2.45, 2.75) is 24.3 Å². The number of aromatic nitrogens is 1. The van der Waals surface area contributed by atoms with E-state index in [2.05, 4.69) is 9.71 Å². The maximum Gasteiger partial charge on any atom is 0.246 e. The molecule has 0 fully saturated rings. The first-order valence-electron chi connectivity index (χ1n) is 4.75. The van der Waals surface area contributed by atoms with E-state index in [0.29, 0.717) is 0 Å². The van der Waals surface area contributed by atoms with Crippen molar-refractivity contribution < 1.29 is 13.2 Å². The van der Waals surface area contributed by atoms with E-state index in [4.69, 9.17) is 4.74 Å². The van der Waals surface area contributed by atoms with Crippen LogP contribution < -0.4 is 9.46 Å². The Kier molecular flexibility index (Phi) is 2.62.